The van der Waals surface area contributed by atoms with Gasteiger partial charge in [-0.2, -0.15) is 0 Å². The maximum atomic E-state index is 12.9. The molecule has 2 aromatic rings. The molecule has 122 valence electrons. The van der Waals surface area contributed by atoms with Crippen molar-refractivity contribution in [2.24, 2.45) is 5.41 Å². The van der Waals surface area contributed by atoms with Gasteiger partial charge in [0.15, 0.2) is 0 Å². The number of anilines is 1. The van der Waals surface area contributed by atoms with Crippen molar-refractivity contribution in [2.75, 3.05) is 18.5 Å². The van der Waals surface area contributed by atoms with E-state index in [1.54, 1.807) is 6.20 Å². The first-order valence-electron chi connectivity index (χ1n) is 7.87. The van der Waals surface area contributed by atoms with Gasteiger partial charge in [-0.1, -0.05) is 45.0 Å². The van der Waals surface area contributed by atoms with E-state index in [4.69, 9.17) is 0 Å². The molecule has 4 nitrogen and oxygen atoms in total. The molecular formula is C19H25N3O. The van der Waals surface area contributed by atoms with E-state index in [-0.39, 0.29) is 11.9 Å². The van der Waals surface area contributed by atoms with Crippen LogP contribution < -0.4 is 10.2 Å². The fraction of sp³-hybridized carbons (Fsp3) is 0.368. The van der Waals surface area contributed by atoms with Crippen molar-refractivity contribution < 1.29 is 4.79 Å². The van der Waals surface area contributed by atoms with Gasteiger partial charge in [0.2, 0.25) is 5.91 Å². The SMILES string of the molecule is CNC(CN(C(=O)C(C)(C)C)c1ccccc1)c1cccnc1. The second kappa shape index (κ2) is 7.38. The van der Waals surface area contributed by atoms with Crippen LogP contribution in [0.4, 0.5) is 5.69 Å². The Kier molecular flexibility index (Phi) is 5.50. The molecule has 1 N–H and O–H groups in total. The number of nitrogens with one attached hydrogen (secondary N) is 1. The molecule has 1 heterocycles. The summed E-state index contributed by atoms with van der Waals surface area (Å²) in [7, 11) is 1.91. The number of nitrogens with zero attached hydrogens (tertiary/aromatic N) is 2. The summed E-state index contributed by atoms with van der Waals surface area (Å²) >= 11 is 0. The average Bonchev–Trinajstić information content (AvgIpc) is 2.56. The van der Waals surface area contributed by atoms with Gasteiger partial charge in [0.05, 0.1) is 6.04 Å². The van der Waals surface area contributed by atoms with Gasteiger partial charge >= 0.3 is 0 Å². The minimum atomic E-state index is -0.441. The molecule has 1 atom stereocenters. The largest absolute Gasteiger partial charge is 0.311 e. The molecule has 1 amide bonds. The first-order valence-corrected chi connectivity index (χ1v) is 7.87. The van der Waals surface area contributed by atoms with E-state index in [1.165, 1.54) is 0 Å². The van der Waals surface area contributed by atoms with Gasteiger partial charge in [-0.25, -0.2) is 0 Å². The molecule has 4 heteroatoms. The number of likely N-dealkylation sites (N-methyl/N-ethyl adjacent to an activating group) is 1. The summed E-state index contributed by atoms with van der Waals surface area (Å²) in [5.74, 6) is 0.104. The highest BCUT2D eigenvalue weighted by Gasteiger charge is 2.30. The molecule has 0 aliphatic carbocycles. The van der Waals surface area contributed by atoms with Crippen molar-refractivity contribution in [1.29, 1.82) is 0 Å². The van der Waals surface area contributed by atoms with Gasteiger partial charge in [-0.05, 0) is 30.8 Å². The quantitative estimate of drug-likeness (QED) is 0.920. The zero-order valence-corrected chi connectivity index (χ0v) is 14.3. The van der Waals surface area contributed by atoms with Crippen molar-refractivity contribution in [3.63, 3.8) is 0 Å². The molecule has 0 aliphatic heterocycles. The Morgan fingerprint density at radius 2 is 1.87 bits per heavy atom. The molecule has 0 bridgehead atoms. The molecule has 23 heavy (non-hydrogen) atoms. The Bertz CT molecular complexity index is 620. The molecule has 0 saturated carbocycles. The van der Waals surface area contributed by atoms with E-state index in [2.05, 4.69) is 10.3 Å². The van der Waals surface area contributed by atoms with Crippen LogP contribution in [0.1, 0.15) is 32.4 Å². The summed E-state index contributed by atoms with van der Waals surface area (Å²) in [6, 6.07) is 13.8. The number of rotatable bonds is 5. The van der Waals surface area contributed by atoms with Gasteiger partial charge in [-0.3, -0.25) is 9.78 Å². The molecule has 0 fully saturated rings. The van der Waals surface area contributed by atoms with Crippen molar-refractivity contribution >= 4 is 11.6 Å². The number of para-hydroxylation sites is 1. The molecular weight excluding hydrogens is 286 g/mol. The maximum Gasteiger partial charge on any atom is 0.232 e. The van der Waals surface area contributed by atoms with Crippen molar-refractivity contribution in [3.05, 3.63) is 60.4 Å². The predicted molar refractivity (Wildman–Crippen MR) is 94.3 cm³/mol. The minimum absolute atomic E-state index is 0.0233. The summed E-state index contributed by atoms with van der Waals surface area (Å²) in [5, 5.41) is 3.29. The number of amides is 1. The molecule has 0 radical (unpaired) electrons. The Hall–Kier alpha value is -2.20. The highest BCUT2D eigenvalue weighted by molar-refractivity contribution is 5.97. The van der Waals surface area contributed by atoms with Crippen LogP contribution in [0, 0.1) is 5.41 Å². The van der Waals surface area contributed by atoms with Gasteiger partial charge in [0.25, 0.3) is 0 Å². The predicted octanol–water partition coefficient (Wildman–Crippen LogP) is 3.42. The molecule has 2 rings (SSSR count). The Balaban J connectivity index is 2.32. The Morgan fingerprint density at radius 3 is 2.39 bits per heavy atom. The average molecular weight is 311 g/mol. The third-order valence-corrected chi connectivity index (χ3v) is 3.76. The van der Waals surface area contributed by atoms with Crippen LogP contribution in [0.5, 0.6) is 0 Å². The molecule has 1 aromatic carbocycles. The fourth-order valence-electron chi connectivity index (χ4n) is 2.45. The van der Waals surface area contributed by atoms with Gasteiger partial charge in [0.1, 0.15) is 0 Å². The van der Waals surface area contributed by atoms with Gasteiger partial charge in [-0.15, -0.1) is 0 Å². The summed E-state index contributed by atoms with van der Waals surface area (Å²) < 4.78 is 0. The maximum absolute atomic E-state index is 12.9. The Labute approximate surface area is 138 Å². The van der Waals surface area contributed by atoms with E-state index >= 15 is 0 Å². The standard InChI is InChI=1S/C19H25N3O/c1-19(2,3)18(23)22(16-10-6-5-7-11-16)14-17(20-4)15-9-8-12-21-13-15/h5-13,17,20H,14H2,1-4H3. The van der Waals surface area contributed by atoms with Crippen LogP contribution in [0.25, 0.3) is 0 Å². The number of benzene rings is 1. The molecule has 0 saturated heterocycles. The van der Waals surface area contributed by atoms with E-state index < -0.39 is 5.41 Å². The lowest BCUT2D eigenvalue weighted by Crippen LogP contribution is -2.44. The fourth-order valence-corrected chi connectivity index (χ4v) is 2.45. The first kappa shape index (κ1) is 17.2. The Morgan fingerprint density at radius 1 is 1.17 bits per heavy atom. The van der Waals surface area contributed by atoms with Crippen molar-refractivity contribution in [3.8, 4) is 0 Å². The zero-order valence-electron chi connectivity index (χ0n) is 14.3. The monoisotopic (exact) mass is 311 g/mol. The van der Waals surface area contributed by atoms with Gasteiger partial charge < -0.3 is 10.2 Å². The highest BCUT2D eigenvalue weighted by Crippen LogP contribution is 2.25. The van der Waals surface area contributed by atoms with Gasteiger partial charge in [0, 0.05) is 30.0 Å². The topological polar surface area (TPSA) is 45.2 Å². The van der Waals surface area contributed by atoms with E-state index in [1.807, 2.05) is 81.4 Å². The van der Waals surface area contributed by atoms with Crippen LogP contribution in [-0.4, -0.2) is 24.5 Å². The smallest absolute Gasteiger partial charge is 0.232 e. The van der Waals surface area contributed by atoms with Crippen LogP contribution in [-0.2, 0) is 4.79 Å². The normalized spacial score (nSPS) is 12.7. The number of pyridine rings is 1. The lowest BCUT2D eigenvalue weighted by Gasteiger charge is -2.32. The first-order chi connectivity index (χ1) is 10.9. The van der Waals surface area contributed by atoms with Crippen molar-refractivity contribution in [2.45, 2.75) is 26.8 Å². The number of carbonyl (C=O) groups is 1. The van der Waals surface area contributed by atoms with E-state index in [0.29, 0.717) is 6.54 Å². The lowest BCUT2D eigenvalue weighted by molar-refractivity contribution is -0.125. The molecule has 1 unspecified atom stereocenters. The van der Waals surface area contributed by atoms with Crippen LogP contribution >= 0.6 is 0 Å². The second-order valence-electron chi connectivity index (χ2n) is 6.63. The summed E-state index contributed by atoms with van der Waals surface area (Å²) in [5.41, 5.74) is 1.54. The van der Waals surface area contributed by atoms with Crippen molar-refractivity contribution in [1.82, 2.24) is 10.3 Å². The lowest BCUT2D eigenvalue weighted by atomic mass is 9.93. The number of aromatic nitrogens is 1. The number of hydrogen-bond donors (Lipinski definition) is 1. The molecule has 0 spiro atoms. The van der Waals surface area contributed by atoms with Crippen LogP contribution in [0.2, 0.25) is 0 Å². The third-order valence-electron chi connectivity index (χ3n) is 3.76. The zero-order chi connectivity index (χ0) is 16.9. The molecule has 0 aliphatic rings. The number of hydrogen-bond acceptors (Lipinski definition) is 3. The third kappa shape index (κ3) is 4.39. The number of carbonyl (C=O) groups excluding carboxylic acids is 1. The summed E-state index contributed by atoms with van der Waals surface area (Å²) in [4.78, 5) is 19.0. The molecule has 1 aromatic heterocycles. The second-order valence-corrected chi connectivity index (χ2v) is 6.63. The van der Waals surface area contributed by atoms with E-state index in [0.717, 1.165) is 11.3 Å². The highest BCUT2D eigenvalue weighted by atomic mass is 16.2. The van der Waals surface area contributed by atoms with Crippen LogP contribution in [0.3, 0.4) is 0 Å². The summed E-state index contributed by atoms with van der Waals surface area (Å²) in [6.07, 6.45) is 3.59. The van der Waals surface area contributed by atoms with Crippen LogP contribution in [0.15, 0.2) is 54.9 Å². The van der Waals surface area contributed by atoms with E-state index in [9.17, 15) is 4.79 Å². The summed E-state index contributed by atoms with van der Waals surface area (Å²) in [6.45, 7) is 6.40. The minimum Gasteiger partial charge on any atom is -0.311 e.